The fraction of sp³-hybridized carbons (Fsp3) is 0.765. The van der Waals surface area contributed by atoms with Crippen molar-refractivity contribution in [3.05, 3.63) is 16.1 Å². The van der Waals surface area contributed by atoms with Crippen LogP contribution in [0.2, 0.25) is 0 Å². The van der Waals surface area contributed by atoms with E-state index in [2.05, 4.69) is 41.4 Å². The summed E-state index contributed by atoms with van der Waals surface area (Å²) in [5.74, 6) is 1.70. The average Bonchev–Trinajstić information content (AvgIpc) is 3.18. The maximum absolute atomic E-state index is 5.69. The standard InChI is InChI=1S/C17H30N4OS.HI/c1-17(2,3)14-12-23-15(20-14)10-19-16(18-4)21(5)8-9-22-11-13-6-7-13;/h12-13H,6-11H2,1-5H3,(H,18,19);1H. The lowest BCUT2D eigenvalue weighted by atomic mass is 9.93. The van der Waals surface area contributed by atoms with Crippen LogP contribution >= 0.6 is 35.3 Å². The molecule has 1 N–H and O–H groups in total. The highest BCUT2D eigenvalue weighted by atomic mass is 127. The first-order chi connectivity index (χ1) is 10.9. The number of likely N-dealkylation sites (N-methyl/N-ethyl adjacent to an activating group) is 1. The van der Waals surface area contributed by atoms with Gasteiger partial charge in [-0.1, -0.05) is 20.8 Å². The summed E-state index contributed by atoms with van der Waals surface area (Å²) >= 11 is 1.70. The minimum atomic E-state index is 0. The molecule has 5 nitrogen and oxygen atoms in total. The molecule has 0 saturated heterocycles. The van der Waals surface area contributed by atoms with E-state index < -0.39 is 0 Å². The summed E-state index contributed by atoms with van der Waals surface area (Å²) in [6.07, 6.45) is 2.67. The Morgan fingerprint density at radius 2 is 2.17 bits per heavy atom. The van der Waals surface area contributed by atoms with Crippen molar-refractivity contribution in [3.63, 3.8) is 0 Å². The lowest BCUT2D eigenvalue weighted by Gasteiger charge is -2.21. The Balaban J connectivity index is 0.00000288. The van der Waals surface area contributed by atoms with Gasteiger partial charge >= 0.3 is 0 Å². The number of rotatable bonds is 7. The second kappa shape index (κ2) is 9.91. The van der Waals surface area contributed by atoms with Gasteiger partial charge in [0.25, 0.3) is 0 Å². The van der Waals surface area contributed by atoms with E-state index in [9.17, 15) is 0 Å². The largest absolute Gasteiger partial charge is 0.379 e. The van der Waals surface area contributed by atoms with Gasteiger partial charge in [-0.3, -0.25) is 4.99 Å². The van der Waals surface area contributed by atoms with Crippen LogP contribution in [-0.2, 0) is 16.7 Å². The van der Waals surface area contributed by atoms with Crippen molar-refractivity contribution in [3.8, 4) is 0 Å². The zero-order valence-corrected chi connectivity index (χ0v) is 18.6. The number of nitrogens with zero attached hydrogens (tertiary/aromatic N) is 3. The van der Waals surface area contributed by atoms with Gasteiger partial charge in [0.15, 0.2) is 5.96 Å². The highest BCUT2D eigenvalue weighted by molar-refractivity contribution is 14.0. The van der Waals surface area contributed by atoms with Gasteiger partial charge in [-0.05, 0) is 18.8 Å². The van der Waals surface area contributed by atoms with Crippen molar-refractivity contribution in [1.29, 1.82) is 0 Å². The zero-order valence-electron chi connectivity index (χ0n) is 15.5. The highest BCUT2D eigenvalue weighted by Gasteiger charge is 2.21. The number of aliphatic imine (C=N–C) groups is 1. The van der Waals surface area contributed by atoms with E-state index >= 15 is 0 Å². The second-order valence-electron chi connectivity index (χ2n) is 7.22. The van der Waals surface area contributed by atoms with Crippen molar-refractivity contribution < 1.29 is 4.74 Å². The first-order valence-electron chi connectivity index (χ1n) is 8.34. The average molecular weight is 466 g/mol. The molecule has 7 heteroatoms. The Bertz CT molecular complexity index is 523. The predicted molar refractivity (Wildman–Crippen MR) is 113 cm³/mol. The molecule has 1 saturated carbocycles. The van der Waals surface area contributed by atoms with Crippen LogP contribution in [0.1, 0.15) is 44.3 Å². The van der Waals surface area contributed by atoms with Gasteiger partial charge in [0.05, 0.1) is 18.8 Å². The van der Waals surface area contributed by atoms with E-state index in [-0.39, 0.29) is 29.4 Å². The molecule has 24 heavy (non-hydrogen) atoms. The lowest BCUT2D eigenvalue weighted by Crippen LogP contribution is -2.40. The molecule has 2 rings (SSSR count). The van der Waals surface area contributed by atoms with Crippen LogP contribution in [0.5, 0.6) is 0 Å². The van der Waals surface area contributed by atoms with Crippen LogP contribution in [0.3, 0.4) is 0 Å². The van der Waals surface area contributed by atoms with E-state index in [1.807, 2.05) is 14.1 Å². The van der Waals surface area contributed by atoms with Crippen molar-refractivity contribution in [2.24, 2.45) is 10.9 Å². The molecule has 1 fully saturated rings. The third kappa shape index (κ3) is 7.23. The fourth-order valence-electron chi connectivity index (χ4n) is 2.12. The molecule has 0 aliphatic heterocycles. The van der Waals surface area contributed by atoms with Gasteiger partial charge in [-0.25, -0.2) is 4.98 Å². The molecule has 1 heterocycles. The minimum Gasteiger partial charge on any atom is -0.379 e. The van der Waals surface area contributed by atoms with Gasteiger partial charge in [0, 0.05) is 38.0 Å². The number of aromatic nitrogens is 1. The Hall–Kier alpha value is -0.410. The first-order valence-corrected chi connectivity index (χ1v) is 9.22. The number of hydrogen-bond donors (Lipinski definition) is 1. The molecule has 0 unspecified atom stereocenters. The molecule has 0 atom stereocenters. The van der Waals surface area contributed by atoms with Gasteiger partial charge in [-0.2, -0.15) is 0 Å². The minimum absolute atomic E-state index is 0. The van der Waals surface area contributed by atoms with Gasteiger partial charge in [-0.15, -0.1) is 35.3 Å². The Morgan fingerprint density at radius 3 is 2.71 bits per heavy atom. The van der Waals surface area contributed by atoms with Crippen molar-refractivity contribution in [2.45, 2.75) is 45.6 Å². The molecule has 0 bridgehead atoms. The van der Waals surface area contributed by atoms with Gasteiger partial charge in [0.2, 0.25) is 0 Å². The number of guanidine groups is 1. The maximum Gasteiger partial charge on any atom is 0.193 e. The van der Waals surface area contributed by atoms with Crippen molar-refractivity contribution in [2.75, 3.05) is 33.9 Å². The topological polar surface area (TPSA) is 49.8 Å². The van der Waals surface area contributed by atoms with Gasteiger partial charge in [0.1, 0.15) is 5.01 Å². The normalized spacial score (nSPS) is 15.1. The van der Waals surface area contributed by atoms with Crippen molar-refractivity contribution in [1.82, 2.24) is 15.2 Å². The number of thiazole rings is 1. The summed E-state index contributed by atoms with van der Waals surface area (Å²) in [7, 11) is 3.85. The molecule has 1 aromatic heterocycles. The molecule has 138 valence electrons. The summed E-state index contributed by atoms with van der Waals surface area (Å²) in [5, 5.41) is 6.62. The summed E-state index contributed by atoms with van der Waals surface area (Å²) in [6.45, 7) is 9.78. The Labute approximate surface area is 167 Å². The van der Waals surface area contributed by atoms with Crippen LogP contribution in [0.25, 0.3) is 0 Å². The zero-order chi connectivity index (χ0) is 16.9. The van der Waals surface area contributed by atoms with E-state index in [0.29, 0.717) is 6.54 Å². The Morgan fingerprint density at radius 1 is 1.46 bits per heavy atom. The number of nitrogens with one attached hydrogen (secondary N) is 1. The van der Waals surface area contributed by atoms with Crippen molar-refractivity contribution >= 4 is 41.3 Å². The molecular formula is C17H31IN4OS. The number of halogens is 1. The summed E-state index contributed by atoms with van der Waals surface area (Å²) in [4.78, 5) is 11.1. The van der Waals surface area contributed by atoms with Crippen LogP contribution in [-0.4, -0.2) is 49.7 Å². The molecule has 0 aromatic carbocycles. The number of ether oxygens (including phenoxy) is 1. The van der Waals surface area contributed by atoms with Gasteiger partial charge < -0.3 is 15.0 Å². The van der Waals surface area contributed by atoms with Crippen LogP contribution in [0.15, 0.2) is 10.4 Å². The van der Waals surface area contributed by atoms with Crippen LogP contribution < -0.4 is 5.32 Å². The van der Waals surface area contributed by atoms with Crippen LogP contribution in [0, 0.1) is 5.92 Å². The second-order valence-corrected chi connectivity index (χ2v) is 8.16. The monoisotopic (exact) mass is 466 g/mol. The summed E-state index contributed by atoms with van der Waals surface area (Å²) in [6, 6.07) is 0. The van der Waals surface area contributed by atoms with Crippen LogP contribution in [0.4, 0.5) is 0 Å². The molecule has 0 spiro atoms. The predicted octanol–water partition coefficient (Wildman–Crippen LogP) is 3.49. The third-order valence-corrected chi connectivity index (χ3v) is 4.76. The molecule has 0 radical (unpaired) electrons. The van der Waals surface area contributed by atoms with E-state index in [1.54, 1.807) is 11.3 Å². The number of hydrogen-bond acceptors (Lipinski definition) is 4. The lowest BCUT2D eigenvalue weighted by molar-refractivity contribution is 0.115. The molecule has 1 aliphatic rings. The quantitative estimate of drug-likeness (QED) is 0.289. The fourth-order valence-corrected chi connectivity index (χ4v) is 3.08. The first kappa shape index (κ1) is 21.6. The maximum atomic E-state index is 5.69. The molecule has 1 aliphatic carbocycles. The van der Waals surface area contributed by atoms with E-state index in [1.165, 1.54) is 12.8 Å². The molecule has 1 aromatic rings. The summed E-state index contributed by atoms with van der Waals surface area (Å²) in [5.41, 5.74) is 1.25. The van der Waals surface area contributed by atoms with E-state index in [0.717, 1.165) is 42.3 Å². The smallest absolute Gasteiger partial charge is 0.193 e. The SMILES string of the molecule is CN=C(NCc1nc(C(C)(C)C)cs1)N(C)CCOCC1CC1.I. The third-order valence-electron chi connectivity index (χ3n) is 3.91. The van der Waals surface area contributed by atoms with E-state index in [4.69, 9.17) is 9.72 Å². The summed E-state index contributed by atoms with van der Waals surface area (Å²) < 4.78 is 5.69. The molecule has 0 amide bonds. The highest BCUT2D eigenvalue weighted by Crippen LogP contribution is 2.28. The molecular weight excluding hydrogens is 435 g/mol. The Kier molecular flexibility index (Phi) is 8.94.